The van der Waals surface area contributed by atoms with Gasteiger partial charge in [-0.2, -0.15) is 4.31 Å². The number of esters is 1. The van der Waals surface area contributed by atoms with Crippen molar-refractivity contribution in [1.29, 1.82) is 0 Å². The number of sulfonamides is 1. The van der Waals surface area contributed by atoms with E-state index in [-0.39, 0.29) is 17.9 Å². The molecule has 0 saturated carbocycles. The number of nitrogens with zero attached hydrogens (tertiary/aromatic N) is 2. The highest BCUT2D eigenvalue weighted by Crippen LogP contribution is 2.21. The third kappa shape index (κ3) is 5.36. The minimum atomic E-state index is -3.92. The SMILES string of the molecule is CN(CC(=O)OCc1ccccc1)S(=O)(=O)Cc1ccccc1[N+](=O)[O-]. The zero-order valence-electron chi connectivity index (χ0n) is 14.1. The van der Waals surface area contributed by atoms with Crippen LogP contribution in [0, 0.1) is 10.1 Å². The summed E-state index contributed by atoms with van der Waals surface area (Å²) in [6, 6.07) is 14.6. The van der Waals surface area contributed by atoms with Crippen molar-refractivity contribution in [2.75, 3.05) is 13.6 Å². The second-order valence-corrected chi connectivity index (χ2v) is 7.62. The molecule has 0 unspecified atom stereocenters. The Morgan fingerprint density at radius 3 is 2.38 bits per heavy atom. The van der Waals surface area contributed by atoms with Gasteiger partial charge in [0.15, 0.2) is 0 Å². The molecule has 0 saturated heterocycles. The molecule has 0 fully saturated rings. The van der Waals surface area contributed by atoms with Crippen LogP contribution >= 0.6 is 0 Å². The first-order valence-corrected chi connectivity index (χ1v) is 9.26. The summed E-state index contributed by atoms with van der Waals surface area (Å²) in [6.07, 6.45) is 0. The van der Waals surface area contributed by atoms with Gasteiger partial charge in [0, 0.05) is 18.7 Å². The Labute approximate surface area is 151 Å². The number of ether oxygens (including phenoxy) is 1. The van der Waals surface area contributed by atoms with Gasteiger partial charge in [-0.3, -0.25) is 14.9 Å². The number of para-hydroxylation sites is 1. The molecule has 26 heavy (non-hydrogen) atoms. The molecule has 0 radical (unpaired) electrons. The lowest BCUT2D eigenvalue weighted by Crippen LogP contribution is -2.34. The van der Waals surface area contributed by atoms with Gasteiger partial charge in [0.1, 0.15) is 13.2 Å². The maximum absolute atomic E-state index is 12.4. The highest BCUT2D eigenvalue weighted by molar-refractivity contribution is 7.88. The van der Waals surface area contributed by atoms with E-state index in [1.807, 2.05) is 6.07 Å². The molecular formula is C17H18N2O6S. The molecule has 0 aliphatic rings. The lowest BCUT2D eigenvalue weighted by Gasteiger charge is -2.16. The van der Waals surface area contributed by atoms with E-state index >= 15 is 0 Å². The zero-order chi connectivity index (χ0) is 19.2. The summed E-state index contributed by atoms with van der Waals surface area (Å²) in [6.45, 7) is -0.437. The fourth-order valence-electron chi connectivity index (χ4n) is 2.18. The van der Waals surface area contributed by atoms with Crippen molar-refractivity contribution >= 4 is 21.7 Å². The van der Waals surface area contributed by atoms with E-state index in [4.69, 9.17) is 4.74 Å². The molecule has 2 aromatic carbocycles. The molecule has 9 heteroatoms. The molecular weight excluding hydrogens is 360 g/mol. The van der Waals surface area contributed by atoms with Crippen molar-refractivity contribution in [3.63, 3.8) is 0 Å². The predicted octanol–water partition coefficient (Wildman–Crippen LogP) is 2.10. The molecule has 2 rings (SSSR count). The lowest BCUT2D eigenvalue weighted by molar-refractivity contribution is -0.385. The molecule has 0 bridgehead atoms. The van der Waals surface area contributed by atoms with Crippen LogP contribution < -0.4 is 0 Å². The topological polar surface area (TPSA) is 107 Å². The highest BCUT2D eigenvalue weighted by Gasteiger charge is 2.25. The number of rotatable bonds is 8. The van der Waals surface area contributed by atoms with Gasteiger partial charge in [0.2, 0.25) is 10.0 Å². The molecule has 138 valence electrons. The minimum Gasteiger partial charge on any atom is -0.460 e. The normalized spacial score (nSPS) is 11.3. The maximum Gasteiger partial charge on any atom is 0.321 e. The van der Waals surface area contributed by atoms with Crippen LogP contribution in [-0.2, 0) is 31.9 Å². The van der Waals surface area contributed by atoms with Crippen molar-refractivity contribution in [1.82, 2.24) is 4.31 Å². The van der Waals surface area contributed by atoms with Gasteiger partial charge in [-0.1, -0.05) is 48.5 Å². The van der Waals surface area contributed by atoms with Crippen LogP contribution in [0.2, 0.25) is 0 Å². The molecule has 0 heterocycles. The highest BCUT2D eigenvalue weighted by atomic mass is 32.2. The molecule has 0 N–H and O–H groups in total. The summed E-state index contributed by atoms with van der Waals surface area (Å²) in [5.74, 6) is -1.28. The van der Waals surface area contributed by atoms with E-state index in [0.717, 1.165) is 9.87 Å². The van der Waals surface area contributed by atoms with Crippen LogP contribution in [0.5, 0.6) is 0 Å². The Morgan fingerprint density at radius 2 is 1.73 bits per heavy atom. The number of benzene rings is 2. The average molecular weight is 378 g/mol. The van der Waals surface area contributed by atoms with E-state index in [1.165, 1.54) is 31.3 Å². The average Bonchev–Trinajstić information content (AvgIpc) is 2.60. The van der Waals surface area contributed by atoms with Gasteiger partial charge in [-0.15, -0.1) is 0 Å². The number of carbonyl (C=O) groups excluding carboxylic acids is 1. The van der Waals surface area contributed by atoms with E-state index in [2.05, 4.69) is 0 Å². The van der Waals surface area contributed by atoms with Crippen molar-refractivity contribution in [3.05, 3.63) is 75.8 Å². The molecule has 0 atom stereocenters. The summed E-state index contributed by atoms with van der Waals surface area (Å²) in [7, 11) is -2.69. The van der Waals surface area contributed by atoms with Gasteiger partial charge in [0.25, 0.3) is 5.69 Å². The van der Waals surface area contributed by atoms with E-state index in [0.29, 0.717) is 0 Å². The summed E-state index contributed by atoms with van der Waals surface area (Å²) in [5.41, 5.74) is 0.560. The monoisotopic (exact) mass is 378 g/mol. The molecule has 8 nitrogen and oxygen atoms in total. The summed E-state index contributed by atoms with van der Waals surface area (Å²) < 4.78 is 30.6. The lowest BCUT2D eigenvalue weighted by atomic mass is 10.2. The minimum absolute atomic E-state index is 0.0394. The number of hydrogen-bond donors (Lipinski definition) is 0. The van der Waals surface area contributed by atoms with Gasteiger partial charge in [-0.25, -0.2) is 8.42 Å². The fourth-order valence-corrected chi connectivity index (χ4v) is 3.34. The number of nitro benzene ring substituents is 1. The number of carbonyl (C=O) groups is 1. The number of hydrogen-bond acceptors (Lipinski definition) is 6. The largest absolute Gasteiger partial charge is 0.460 e. The first kappa shape index (κ1) is 19.5. The third-order valence-corrected chi connectivity index (χ3v) is 5.35. The van der Waals surface area contributed by atoms with Gasteiger partial charge in [0.05, 0.1) is 10.7 Å². The molecule has 0 aromatic heterocycles. The molecule has 0 spiro atoms. The van der Waals surface area contributed by atoms with E-state index in [9.17, 15) is 23.3 Å². The van der Waals surface area contributed by atoms with Crippen LogP contribution in [0.25, 0.3) is 0 Å². The maximum atomic E-state index is 12.4. The Kier molecular flexibility index (Phi) is 6.42. The third-order valence-electron chi connectivity index (χ3n) is 3.60. The summed E-state index contributed by atoms with van der Waals surface area (Å²) >= 11 is 0. The second kappa shape index (κ2) is 8.54. The summed E-state index contributed by atoms with van der Waals surface area (Å²) in [5, 5.41) is 11.0. The Balaban J connectivity index is 1.98. The van der Waals surface area contributed by atoms with Crippen molar-refractivity contribution in [2.45, 2.75) is 12.4 Å². The van der Waals surface area contributed by atoms with Crippen LogP contribution in [0.15, 0.2) is 54.6 Å². The van der Waals surface area contributed by atoms with E-state index in [1.54, 1.807) is 24.3 Å². The standard InChI is InChI=1S/C17H18N2O6S/c1-18(11-17(20)25-12-14-7-3-2-4-8-14)26(23,24)13-15-9-5-6-10-16(15)19(21)22/h2-10H,11-13H2,1H3. The molecule has 0 aliphatic heterocycles. The first-order valence-electron chi connectivity index (χ1n) is 7.65. The van der Waals surface area contributed by atoms with Gasteiger partial charge in [-0.05, 0) is 5.56 Å². The van der Waals surface area contributed by atoms with Gasteiger partial charge >= 0.3 is 5.97 Å². The Morgan fingerprint density at radius 1 is 1.12 bits per heavy atom. The molecule has 0 aliphatic carbocycles. The number of nitro groups is 1. The van der Waals surface area contributed by atoms with Crippen molar-refractivity contribution < 1.29 is 22.9 Å². The molecule has 2 aromatic rings. The quantitative estimate of drug-likeness (QED) is 0.395. The van der Waals surface area contributed by atoms with Crippen LogP contribution in [-0.4, -0.2) is 37.2 Å². The molecule has 0 amide bonds. The van der Waals surface area contributed by atoms with Crippen molar-refractivity contribution in [3.8, 4) is 0 Å². The van der Waals surface area contributed by atoms with E-state index < -0.39 is 33.2 Å². The summed E-state index contributed by atoms with van der Waals surface area (Å²) in [4.78, 5) is 22.2. The van der Waals surface area contributed by atoms with Gasteiger partial charge < -0.3 is 4.74 Å². The van der Waals surface area contributed by atoms with Crippen LogP contribution in [0.1, 0.15) is 11.1 Å². The van der Waals surface area contributed by atoms with Crippen LogP contribution in [0.3, 0.4) is 0 Å². The second-order valence-electron chi connectivity index (χ2n) is 5.54. The van der Waals surface area contributed by atoms with Crippen molar-refractivity contribution in [2.24, 2.45) is 0 Å². The first-order chi connectivity index (χ1) is 12.3. The fraction of sp³-hybridized carbons (Fsp3) is 0.235. The Hall–Kier alpha value is -2.78. The zero-order valence-corrected chi connectivity index (χ0v) is 14.9. The van der Waals surface area contributed by atoms with Crippen LogP contribution in [0.4, 0.5) is 5.69 Å². The Bertz CT molecular complexity index is 883. The number of likely N-dealkylation sites (N-methyl/N-ethyl adjacent to an activating group) is 1. The smallest absolute Gasteiger partial charge is 0.321 e. The predicted molar refractivity (Wildman–Crippen MR) is 94.6 cm³/mol.